The Balaban J connectivity index is 6.61. The molecular weight excluding hydrogens is 315 g/mol. The molecule has 0 fully saturated rings. The molecule has 0 bridgehead atoms. The Bertz CT molecular complexity index is 241. The first kappa shape index (κ1) is 22.6. The predicted octanol–water partition coefficient (Wildman–Crippen LogP) is 4.72. The van der Waals surface area contributed by atoms with E-state index in [9.17, 15) is 0 Å². The molecule has 0 saturated heterocycles. The molecule has 6 heteroatoms. The van der Waals surface area contributed by atoms with Gasteiger partial charge in [0.25, 0.3) is 0 Å². The van der Waals surface area contributed by atoms with E-state index in [1.165, 1.54) is 0 Å². The van der Waals surface area contributed by atoms with Crippen molar-refractivity contribution < 1.29 is 0 Å². The fourth-order valence-corrected chi connectivity index (χ4v) is 12.5. The first-order valence-electron chi connectivity index (χ1n) is 9.16. The summed E-state index contributed by atoms with van der Waals surface area (Å²) in [6.45, 7) is 22.7. The predicted molar refractivity (Wildman–Crippen MR) is 104 cm³/mol. The molecule has 136 valence electrons. The number of hydrogen-bond acceptors (Lipinski definition) is 4. The number of rotatable bonds is 12. The summed E-state index contributed by atoms with van der Waals surface area (Å²) in [6, 6.07) is 0. The molecule has 4 nitrogen and oxygen atoms in total. The zero-order chi connectivity index (χ0) is 17.4. The Morgan fingerprint density at radius 2 is 0.591 bits per heavy atom. The number of nitrogens with zero attached hydrogens (tertiary/aromatic N) is 4. The molecule has 0 aliphatic heterocycles. The van der Waals surface area contributed by atoms with Gasteiger partial charge in [-0.1, -0.05) is 0 Å². The van der Waals surface area contributed by atoms with Crippen molar-refractivity contribution in [2.75, 3.05) is 52.4 Å². The van der Waals surface area contributed by atoms with Crippen molar-refractivity contribution in [3.8, 4) is 0 Å². The third-order valence-electron chi connectivity index (χ3n) is 4.87. The number of halogens is 1. The van der Waals surface area contributed by atoms with Crippen LogP contribution < -0.4 is 0 Å². The Morgan fingerprint density at radius 1 is 0.455 bits per heavy atom. The molecule has 0 aliphatic rings. The summed E-state index contributed by atoms with van der Waals surface area (Å²) in [6.07, 6.45) is 0. The SMILES string of the molecule is CCN(CC)P(Cl)(N(CC)CC)(N(CC)CC)N(CC)CC. The summed E-state index contributed by atoms with van der Waals surface area (Å²) < 4.78 is 10.2. The van der Waals surface area contributed by atoms with Gasteiger partial charge in [-0.15, -0.1) is 0 Å². The van der Waals surface area contributed by atoms with Gasteiger partial charge in [0.05, 0.1) is 0 Å². The van der Waals surface area contributed by atoms with Crippen LogP contribution in [-0.2, 0) is 0 Å². The Hall–Kier alpha value is 0.560. The van der Waals surface area contributed by atoms with Crippen LogP contribution in [0.3, 0.4) is 0 Å². The van der Waals surface area contributed by atoms with Crippen LogP contribution in [0.25, 0.3) is 0 Å². The van der Waals surface area contributed by atoms with Crippen molar-refractivity contribution >= 4 is 17.8 Å². The standard InChI is InChI=1S/C16H40ClN4P/c1-9-18(10-2)22(17,19(11-3)12-4,20(13-5)14-6)21(15-7)16-8/h9-16H2,1-8H3. The van der Waals surface area contributed by atoms with Gasteiger partial charge in [-0.05, 0) is 0 Å². The van der Waals surface area contributed by atoms with E-state index in [1.54, 1.807) is 0 Å². The molecule has 0 aromatic carbocycles. The topological polar surface area (TPSA) is 13.0 Å². The molecule has 0 spiro atoms. The van der Waals surface area contributed by atoms with E-state index in [1.807, 2.05) is 0 Å². The molecule has 0 aromatic rings. The van der Waals surface area contributed by atoms with E-state index in [-0.39, 0.29) is 0 Å². The van der Waals surface area contributed by atoms with Crippen molar-refractivity contribution in [1.82, 2.24) is 18.7 Å². The molecule has 0 heterocycles. The van der Waals surface area contributed by atoms with Crippen LogP contribution in [0.2, 0.25) is 0 Å². The molecule has 0 unspecified atom stereocenters. The summed E-state index contributed by atoms with van der Waals surface area (Å²) in [5.41, 5.74) is 0. The average molecular weight is 355 g/mol. The minimum absolute atomic E-state index is 0.974. The maximum absolute atomic E-state index is 7.90. The van der Waals surface area contributed by atoms with Crippen LogP contribution in [0.1, 0.15) is 55.4 Å². The summed E-state index contributed by atoms with van der Waals surface area (Å²) in [4.78, 5) is 0. The van der Waals surface area contributed by atoms with Crippen molar-refractivity contribution in [3.05, 3.63) is 0 Å². The van der Waals surface area contributed by atoms with Gasteiger partial charge >= 0.3 is 144 Å². The van der Waals surface area contributed by atoms with Gasteiger partial charge in [0.15, 0.2) is 0 Å². The van der Waals surface area contributed by atoms with Crippen LogP contribution in [0.4, 0.5) is 0 Å². The second-order valence-electron chi connectivity index (χ2n) is 5.39. The fourth-order valence-electron chi connectivity index (χ4n) is 3.91. The summed E-state index contributed by atoms with van der Waals surface area (Å²) in [5.74, 6) is 0. The van der Waals surface area contributed by atoms with E-state index in [0.717, 1.165) is 52.4 Å². The van der Waals surface area contributed by atoms with Gasteiger partial charge in [-0.3, -0.25) is 0 Å². The zero-order valence-corrected chi connectivity index (χ0v) is 17.9. The van der Waals surface area contributed by atoms with Crippen molar-refractivity contribution in [3.63, 3.8) is 0 Å². The molecule has 0 rings (SSSR count). The normalized spacial score (nSPS) is 15.0. The van der Waals surface area contributed by atoms with Crippen molar-refractivity contribution in [2.45, 2.75) is 55.4 Å². The van der Waals surface area contributed by atoms with Crippen LogP contribution in [-0.4, -0.2) is 71.0 Å². The second kappa shape index (κ2) is 9.76. The molecular formula is C16H40ClN4P. The van der Waals surface area contributed by atoms with Crippen LogP contribution >= 0.6 is 17.8 Å². The van der Waals surface area contributed by atoms with E-state index < -0.39 is 6.56 Å². The summed E-state index contributed by atoms with van der Waals surface area (Å²) in [7, 11) is 0. The number of hydrogen-bond donors (Lipinski definition) is 0. The molecule has 0 N–H and O–H groups in total. The van der Waals surface area contributed by atoms with Crippen molar-refractivity contribution in [1.29, 1.82) is 0 Å². The maximum atomic E-state index is 7.90. The summed E-state index contributed by atoms with van der Waals surface area (Å²) >= 11 is 7.90. The Kier molecular flexibility index (Phi) is 10.0. The molecule has 22 heavy (non-hydrogen) atoms. The van der Waals surface area contributed by atoms with Crippen molar-refractivity contribution in [2.24, 2.45) is 0 Å². The van der Waals surface area contributed by atoms with E-state index >= 15 is 0 Å². The van der Waals surface area contributed by atoms with Gasteiger partial charge in [0.1, 0.15) is 0 Å². The molecule has 0 saturated carbocycles. The van der Waals surface area contributed by atoms with Gasteiger partial charge in [-0.2, -0.15) is 0 Å². The second-order valence-corrected chi connectivity index (χ2v) is 11.1. The molecule has 0 amide bonds. The Morgan fingerprint density at radius 3 is 0.682 bits per heavy atom. The van der Waals surface area contributed by atoms with Gasteiger partial charge in [0, 0.05) is 0 Å². The molecule has 0 aliphatic carbocycles. The van der Waals surface area contributed by atoms with Crippen LogP contribution in [0, 0.1) is 0 Å². The van der Waals surface area contributed by atoms with Gasteiger partial charge in [-0.25, -0.2) is 0 Å². The Labute approximate surface area is 144 Å². The molecule has 0 radical (unpaired) electrons. The fraction of sp³-hybridized carbons (Fsp3) is 1.00. The molecule has 0 aromatic heterocycles. The van der Waals surface area contributed by atoms with E-state index in [4.69, 9.17) is 11.2 Å². The first-order chi connectivity index (χ1) is 10.4. The quantitative estimate of drug-likeness (QED) is 0.470. The van der Waals surface area contributed by atoms with Gasteiger partial charge in [0.2, 0.25) is 0 Å². The van der Waals surface area contributed by atoms with E-state index in [0.29, 0.717) is 0 Å². The average Bonchev–Trinajstić information content (AvgIpc) is 2.51. The van der Waals surface area contributed by atoms with E-state index in [2.05, 4.69) is 74.1 Å². The monoisotopic (exact) mass is 354 g/mol. The summed E-state index contributed by atoms with van der Waals surface area (Å²) in [5, 5.41) is 0. The van der Waals surface area contributed by atoms with Crippen LogP contribution in [0.15, 0.2) is 0 Å². The van der Waals surface area contributed by atoms with Crippen LogP contribution in [0.5, 0.6) is 0 Å². The third kappa shape index (κ3) is 3.34. The first-order valence-corrected chi connectivity index (χ1v) is 12.1. The minimum atomic E-state index is -3.02. The molecule has 0 atom stereocenters. The zero-order valence-electron chi connectivity index (χ0n) is 16.3. The third-order valence-corrected chi connectivity index (χ3v) is 13.6. The van der Waals surface area contributed by atoms with Gasteiger partial charge < -0.3 is 0 Å².